The molecule has 0 radical (unpaired) electrons. The molecule has 0 aliphatic carbocycles. The summed E-state index contributed by atoms with van der Waals surface area (Å²) in [6.45, 7) is 0.490. The zero-order valence-corrected chi connectivity index (χ0v) is 10.6. The van der Waals surface area contributed by atoms with E-state index in [1.807, 2.05) is 17.5 Å². The third kappa shape index (κ3) is 2.68. The third-order valence-corrected chi connectivity index (χ3v) is 3.73. The molecule has 0 aliphatic heterocycles. The summed E-state index contributed by atoms with van der Waals surface area (Å²) >= 11 is 10.7. The van der Waals surface area contributed by atoms with E-state index in [0.29, 0.717) is 22.1 Å². The van der Waals surface area contributed by atoms with Crippen molar-refractivity contribution in [2.75, 3.05) is 0 Å². The van der Waals surface area contributed by atoms with Crippen LogP contribution in [0.4, 0.5) is 0 Å². The number of halogens is 2. The Bertz CT molecular complexity index is 449. The molecular formula is C9H6BrClN2OS. The maximum atomic E-state index is 5.80. The molecule has 0 saturated heterocycles. The van der Waals surface area contributed by atoms with Gasteiger partial charge in [-0.25, -0.2) is 9.97 Å². The minimum absolute atomic E-state index is 0.353. The molecule has 0 spiro atoms. The summed E-state index contributed by atoms with van der Waals surface area (Å²) in [6, 6.07) is 3.98. The van der Waals surface area contributed by atoms with Gasteiger partial charge in [0.1, 0.15) is 17.4 Å². The topological polar surface area (TPSA) is 35.0 Å². The Kier molecular flexibility index (Phi) is 3.56. The van der Waals surface area contributed by atoms with Gasteiger partial charge in [-0.1, -0.05) is 17.7 Å². The maximum absolute atomic E-state index is 5.80. The summed E-state index contributed by atoms with van der Waals surface area (Å²) < 4.78 is 6.08. The molecule has 0 fully saturated rings. The van der Waals surface area contributed by atoms with Crippen LogP contribution >= 0.6 is 38.9 Å². The van der Waals surface area contributed by atoms with Gasteiger partial charge in [-0.05, 0) is 27.4 Å². The Morgan fingerprint density at radius 1 is 1.47 bits per heavy atom. The molecule has 15 heavy (non-hydrogen) atoms. The van der Waals surface area contributed by atoms with Crippen molar-refractivity contribution in [2.24, 2.45) is 0 Å². The Hall–Kier alpha value is -0.650. The second kappa shape index (κ2) is 4.92. The molecule has 3 nitrogen and oxygen atoms in total. The Morgan fingerprint density at radius 2 is 2.33 bits per heavy atom. The summed E-state index contributed by atoms with van der Waals surface area (Å²) in [4.78, 5) is 8.93. The van der Waals surface area contributed by atoms with Crippen molar-refractivity contribution in [1.82, 2.24) is 9.97 Å². The summed E-state index contributed by atoms with van der Waals surface area (Å²) in [7, 11) is 0. The minimum Gasteiger partial charge on any atom is -0.471 e. The quantitative estimate of drug-likeness (QED) is 0.814. The molecule has 2 aromatic heterocycles. The monoisotopic (exact) mass is 304 g/mol. The fourth-order valence-electron chi connectivity index (χ4n) is 0.968. The fourth-order valence-corrected chi connectivity index (χ4v) is 2.03. The summed E-state index contributed by atoms with van der Waals surface area (Å²) in [5.41, 5.74) is 0. The first-order valence-electron chi connectivity index (χ1n) is 4.08. The molecule has 0 unspecified atom stereocenters. The summed E-state index contributed by atoms with van der Waals surface area (Å²) in [5, 5.41) is 2.35. The lowest BCUT2D eigenvalue weighted by molar-refractivity contribution is 0.294. The van der Waals surface area contributed by atoms with Crippen molar-refractivity contribution < 1.29 is 4.74 Å². The molecule has 6 heteroatoms. The van der Waals surface area contributed by atoms with Crippen LogP contribution in [0.3, 0.4) is 0 Å². The van der Waals surface area contributed by atoms with Crippen LogP contribution in [0.2, 0.25) is 5.15 Å². The van der Waals surface area contributed by atoms with E-state index in [9.17, 15) is 0 Å². The van der Waals surface area contributed by atoms with Crippen molar-refractivity contribution in [3.63, 3.8) is 0 Å². The van der Waals surface area contributed by atoms with E-state index < -0.39 is 0 Å². The van der Waals surface area contributed by atoms with E-state index >= 15 is 0 Å². The van der Waals surface area contributed by atoms with E-state index in [1.165, 1.54) is 6.33 Å². The van der Waals surface area contributed by atoms with Gasteiger partial charge in [0.2, 0.25) is 5.88 Å². The lowest BCUT2D eigenvalue weighted by Gasteiger charge is -2.05. The average molecular weight is 306 g/mol. The highest BCUT2D eigenvalue weighted by Gasteiger charge is 2.07. The van der Waals surface area contributed by atoms with E-state index in [0.717, 1.165) is 4.88 Å². The van der Waals surface area contributed by atoms with Crippen LogP contribution in [0.5, 0.6) is 5.88 Å². The van der Waals surface area contributed by atoms with E-state index in [4.69, 9.17) is 16.3 Å². The van der Waals surface area contributed by atoms with E-state index in [-0.39, 0.29) is 0 Å². The highest BCUT2D eigenvalue weighted by Crippen LogP contribution is 2.28. The normalized spacial score (nSPS) is 10.3. The number of nitrogens with zero attached hydrogens (tertiary/aromatic N) is 2. The standard InChI is InChI=1S/C9H6BrClN2OS/c10-7-8(11)12-5-13-9(7)14-4-6-2-1-3-15-6/h1-3,5H,4H2. The number of rotatable bonds is 3. The largest absolute Gasteiger partial charge is 0.471 e. The van der Waals surface area contributed by atoms with Crippen LogP contribution in [0.25, 0.3) is 0 Å². The molecule has 0 aliphatic rings. The molecule has 2 aromatic rings. The van der Waals surface area contributed by atoms with Gasteiger partial charge in [0.25, 0.3) is 0 Å². The third-order valence-electron chi connectivity index (χ3n) is 1.65. The van der Waals surface area contributed by atoms with Crippen molar-refractivity contribution in [3.05, 3.63) is 38.3 Å². The SMILES string of the molecule is Clc1ncnc(OCc2cccs2)c1Br. The molecule has 2 rings (SSSR count). The van der Waals surface area contributed by atoms with Gasteiger partial charge < -0.3 is 4.74 Å². The van der Waals surface area contributed by atoms with Gasteiger partial charge >= 0.3 is 0 Å². The molecule has 0 N–H and O–H groups in total. The fraction of sp³-hybridized carbons (Fsp3) is 0.111. The number of thiophene rings is 1. The van der Waals surface area contributed by atoms with Crippen LogP contribution < -0.4 is 4.74 Å². The van der Waals surface area contributed by atoms with Crippen LogP contribution in [0, 0.1) is 0 Å². The smallest absolute Gasteiger partial charge is 0.233 e. The average Bonchev–Trinajstić information content (AvgIpc) is 2.73. The molecular weight excluding hydrogens is 300 g/mol. The summed E-state index contributed by atoms with van der Waals surface area (Å²) in [5.74, 6) is 0.461. The van der Waals surface area contributed by atoms with Crippen molar-refractivity contribution in [2.45, 2.75) is 6.61 Å². The van der Waals surface area contributed by atoms with E-state index in [1.54, 1.807) is 11.3 Å². The maximum Gasteiger partial charge on any atom is 0.233 e. The van der Waals surface area contributed by atoms with Gasteiger partial charge in [-0.2, -0.15) is 0 Å². The van der Waals surface area contributed by atoms with Gasteiger partial charge in [0, 0.05) is 4.88 Å². The lowest BCUT2D eigenvalue weighted by atomic mass is 10.5. The summed E-state index contributed by atoms with van der Waals surface area (Å²) in [6.07, 6.45) is 1.37. The second-order valence-corrected chi connectivity index (χ2v) is 4.83. The Labute approximate surface area is 104 Å². The van der Waals surface area contributed by atoms with Crippen LogP contribution in [0.1, 0.15) is 4.88 Å². The van der Waals surface area contributed by atoms with Gasteiger partial charge in [0.05, 0.1) is 0 Å². The first kappa shape index (κ1) is 10.9. The number of ether oxygens (including phenoxy) is 1. The molecule has 0 atom stereocenters. The first-order chi connectivity index (χ1) is 7.27. The van der Waals surface area contributed by atoms with Crippen molar-refractivity contribution in [1.29, 1.82) is 0 Å². The molecule has 2 heterocycles. The predicted molar refractivity (Wildman–Crippen MR) is 63.4 cm³/mol. The highest BCUT2D eigenvalue weighted by molar-refractivity contribution is 9.10. The Morgan fingerprint density at radius 3 is 3.07 bits per heavy atom. The molecule has 0 saturated carbocycles. The van der Waals surface area contributed by atoms with E-state index in [2.05, 4.69) is 25.9 Å². The van der Waals surface area contributed by atoms with Gasteiger partial charge in [-0.3, -0.25) is 0 Å². The van der Waals surface area contributed by atoms with Crippen LogP contribution in [-0.2, 0) is 6.61 Å². The molecule has 0 aromatic carbocycles. The predicted octanol–water partition coefficient (Wildman–Crippen LogP) is 3.53. The van der Waals surface area contributed by atoms with Crippen LogP contribution in [0.15, 0.2) is 28.3 Å². The van der Waals surface area contributed by atoms with Crippen molar-refractivity contribution in [3.8, 4) is 5.88 Å². The molecule has 78 valence electrons. The lowest BCUT2D eigenvalue weighted by Crippen LogP contribution is -1.97. The van der Waals surface area contributed by atoms with Crippen LogP contribution in [-0.4, -0.2) is 9.97 Å². The minimum atomic E-state index is 0.353. The van der Waals surface area contributed by atoms with Crippen molar-refractivity contribution >= 4 is 38.9 Å². The van der Waals surface area contributed by atoms with Gasteiger partial charge in [0.15, 0.2) is 5.15 Å². The highest BCUT2D eigenvalue weighted by atomic mass is 79.9. The zero-order chi connectivity index (χ0) is 10.7. The molecule has 0 bridgehead atoms. The number of hydrogen-bond donors (Lipinski definition) is 0. The Balaban J connectivity index is 2.08. The van der Waals surface area contributed by atoms with Gasteiger partial charge in [-0.15, -0.1) is 11.3 Å². The first-order valence-corrected chi connectivity index (χ1v) is 6.13. The number of aromatic nitrogens is 2. The second-order valence-electron chi connectivity index (χ2n) is 2.65. The molecule has 0 amide bonds. The zero-order valence-electron chi connectivity index (χ0n) is 7.48. The number of hydrogen-bond acceptors (Lipinski definition) is 4.